The van der Waals surface area contributed by atoms with Gasteiger partial charge in [0.2, 0.25) is 5.75 Å². The number of ether oxygens (including phenoxy) is 4. The summed E-state index contributed by atoms with van der Waals surface area (Å²) in [5, 5.41) is 4.69. The summed E-state index contributed by atoms with van der Waals surface area (Å²) in [6.45, 7) is 0.312. The Morgan fingerprint density at radius 3 is 2.74 bits per heavy atom. The highest BCUT2D eigenvalue weighted by Crippen LogP contribution is 2.40. The number of nitrogens with one attached hydrogen (secondary N) is 2. The molecule has 3 rings (SSSR count). The summed E-state index contributed by atoms with van der Waals surface area (Å²) in [7, 11) is 1.51. The first-order chi connectivity index (χ1) is 13.0. The van der Waals surface area contributed by atoms with Gasteiger partial charge in [-0.15, -0.1) is 0 Å². The first-order valence-corrected chi connectivity index (χ1v) is 8.48. The molecule has 0 spiro atoms. The Morgan fingerprint density at radius 2 is 2.00 bits per heavy atom. The maximum absolute atomic E-state index is 11.8. The molecule has 0 radical (unpaired) electrons. The van der Waals surface area contributed by atoms with Crippen molar-refractivity contribution < 1.29 is 33.3 Å². The summed E-state index contributed by atoms with van der Waals surface area (Å²) >= 11 is 0. The van der Waals surface area contributed by atoms with E-state index < -0.39 is 24.5 Å². The van der Waals surface area contributed by atoms with Crippen LogP contribution in [0.2, 0.25) is 0 Å². The average molecular weight is 376 g/mol. The van der Waals surface area contributed by atoms with Gasteiger partial charge in [0.25, 0.3) is 5.91 Å². The summed E-state index contributed by atoms with van der Waals surface area (Å²) in [6.07, 6.45) is 4.49. The van der Waals surface area contributed by atoms with Gasteiger partial charge in [-0.05, 0) is 36.6 Å². The molecule has 144 valence electrons. The van der Waals surface area contributed by atoms with Crippen molar-refractivity contribution in [3.63, 3.8) is 0 Å². The maximum atomic E-state index is 11.8. The molecular formula is C18H20N2O7. The van der Waals surface area contributed by atoms with Crippen LogP contribution in [0.3, 0.4) is 0 Å². The summed E-state index contributed by atoms with van der Waals surface area (Å²) in [4.78, 5) is 34.7. The zero-order valence-electron chi connectivity index (χ0n) is 14.8. The lowest BCUT2D eigenvalue weighted by Gasteiger charge is -2.20. The average Bonchev–Trinajstić information content (AvgIpc) is 3.47. The van der Waals surface area contributed by atoms with Gasteiger partial charge in [0, 0.05) is 12.1 Å². The van der Waals surface area contributed by atoms with Crippen molar-refractivity contribution in [2.24, 2.45) is 0 Å². The Balaban J connectivity index is 1.50. The van der Waals surface area contributed by atoms with Crippen molar-refractivity contribution in [3.8, 4) is 17.2 Å². The fourth-order valence-corrected chi connectivity index (χ4v) is 2.35. The van der Waals surface area contributed by atoms with Gasteiger partial charge in [-0.3, -0.25) is 10.1 Å². The molecule has 3 amide bonds. The molecule has 0 bridgehead atoms. The van der Waals surface area contributed by atoms with Crippen LogP contribution in [0.15, 0.2) is 18.2 Å². The third-order valence-corrected chi connectivity index (χ3v) is 3.77. The SMILES string of the molecule is COc1cc(/C=C/C(=O)OCC(=O)NC(=O)NC2CC2)cc2c1OCCO2. The van der Waals surface area contributed by atoms with Gasteiger partial charge in [0.05, 0.1) is 7.11 Å². The molecule has 1 saturated carbocycles. The molecule has 9 nitrogen and oxygen atoms in total. The van der Waals surface area contributed by atoms with E-state index in [2.05, 4.69) is 10.6 Å². The molecule has 1 aliphatic carbocycles. The summed E-state index contributed by atoms with van der Waals surface area (Å²) < 4.78 is 21.1. The zero-order chi connectivity index (χ0) is 19.2. The monoisotopic (exact) mass is 376 g/mol. The quantitative estimate of drug-likeness (QED) is 0.563. The zero-order valence-corrected chi connectivity index (χ0v) is 14.8. The van der Waals surface area contributed by atoms with Crippen LogP contribution < -0.4 is 24.8 Å². The normalized spacial score (nSPS) is 15.1. The molecule has 1 aromatic rings. The third-order valence-electron chi connectivity index (χ3n) is 3.77. The second-order valence-corrected chi connectivity index (χ2v) is 5.98. The maximum Gasteiger partial charge on any atom is 0.331 e. The Kier molecular flexibility index (Phi) is 5.80. The highest BCUT2D eigenvalue weighted by atomic mass is 16.6. The number of amides is 3. The highest BCUT2D eigenvalue weighted by Gasteiger charge is 2.24. The van der Waals surface area contributed by atoms with Crippen LogP contribution in [0.5, 0.6) is 17.2 Å². The minimum atomic E-state index is -0.721. The van der Waals surface area contributed by atoms with E-state index in [1.807, 2.05) is 0 Å². The molecule has 0 saturated heterocycles. The van der Waals surface area contributed by atoms with Crippen LogP contribution in [-0.4, -0.2) is 50.9 Å². The van der Waals surface area contributed by atoms with Crippen molar-refractivity contribution >= 4 is 24.0 Å². The number of hydrogen-bond donors (Lipinski definition) is 2. The van der Waals surface area contributed by atoms with Crippen molar-refractivity contribution in [2.75, 3.05) is 26.9 Å². The molecule has 0 atom stereocenters. The smallest absolute Gasteiger partial charge is 0.331 e. The molecule has 1 heterocycles. The van der Waals surface area contributed by atoms with Crippen LogP contribution in [0.25, 0.3) is 6.08 Å². The number of fused-ring (bicyclic) bond motifs is 1. The number of urea groups is 1. The number of rotatable bonds is 6. The summed E-state index contributed by atoms with van der Waals surface area (Å²) in [6, 6.07) is 2.94. The largest absolute Gasteiger partial charge is 0.493 e. The first-order valence-electron chi connectivity index (χ1n) is 8.48. The Morgan fingerprint density at radius 1 is 1.22 bits per heavy atom. The molecule has 9 heteroatoms. The van der Waals surface area contributed by atoms with E-state index in [-0.39, 0.29) is 6.04 Å². The molecule has 1 fully saturated rings. The number of hydrogen-bond acceptors (Lipinski definition) is 7. The van der Waals surface area contributed by atoms with Crippen molar-refractivity contribution in [1.29, 1.82) is 0 Å². The molecule has 0 aromatic heterocycles. The van der Waals surface area contributed by atoms with Gasteiger partial charge in [-0.25, -0.2) is 9.59 Å². The number of carbonyl (C=O) groups is 3. The Bertz CT molecular complexity index is 754. The fourth-order valence-electron chi connectivity index (χ4n) is 2.35. The molecule has 2 N–H and O–H groups in total. The third kappa shape index (κ3) is 5.37. The predicted octanol–water partition coefficient (Wildman–Crippen LogP) is 1.01. The second-order valence-electron chi connectivity index (χ2n) is 5.98. The van der Waals surface area contributed by atoms with Crippen molar-refractivity contribution in [1.82, 2.24) is 10.6 Å². The number of esters is 1. The minimum Gasteiger partial charge on any atom is -0.493 e. The van der Waals surface area contributed by atoms with Gasteiger partial charge in [0.1, 0.15) is 13.2 Å². The molecule has 1 aromatic carbocycles. The predicted molar refractivity (Wildman–Crippen MR) is 93.7 cm³/mol. The Hall–Kier alpha value is -3.23. The van der Waals surface area contributed by atoms with E-state index >= 15 is 0 Å². The lowest BCUT2D eigenvalue weighted by Crippen LogP contribution is -2.42. The molecular weight excluding hydrogens is 356 g/mol. The van der Waals surface area contributed by atoms with Crippen LogP contribution >= 0.6 is 0 Å². The van der Waals surface area contributed by atoms with Gasteiger partial charge in [-0.1, -0.05) is 0 Å². The standard InChI is InChI=1S/C18H20N2O7/c1-24-13-8-11(9-14-17(13)26-7-6-25-14)2-5-16(22)27-10-15(21)20-18(23)19-12-3-4-12/h2,5,8-9,12H,3-4,6-7,10H2,1H3,(H2,19,20,21,23)/b5-2+. The summed E-state index contributed by atoms with van der Waals surface area (Å²) in [5.74, 6) is 0.109. The van der Waals surface area contributed by atoms with E-state index in [1.54, 1.807) is 12.1 Å². The summed E-state index contributed by atoms with van der Waals surface area (Å²) in [5.41, 5.74) is 0.640. The van der Waals surface area contributed by atoms with Crippen LogP contribution in [0.1, 0.15) is 18.4 Å². The van der Waals surface area contributed by atoms with Crippen LogP contribution in [0.4, 0.5) is 4.79 Å². The fraction of sp³-hybridized carbons (Fsp3) is 0.389. The van der Waals surface area contributed by atoms with Gasteiger partial charge >= 0.3 is 12.0 Å². The lowest BCUT2D eigenvalue weighted by atomic mass is 10.1. The lowest BCUT2D eigenvalue weighted by molar-refractivity contribution is -0.143. The number of imide groups is 1. The van der Waals surface area contributed by atoms with Gasteiger partial charge in [0.15, 0.2) is 18.1 Å². The molecule has 27 heavy (non-hydrogen) atoms. The number of methoxy groups -OCH3 is 1. The number of benzene rings is 1. The van der Waals surface area contributed by atoms with Gasteiger partial charge < -0.3 is 24.3 Å². The van der Waals surface area contributed by atoms with E-state index in [4.69, 9.17) is 18.9 Å². The van der Waals surface area contributed by atoms with E-state index in [9.17, 15) is 14.4 Å². The van der Waals surface area contributed by atoms with Crippen molar-refractivity contribution in [2.45, 2.75) is 18.9 Å². The van der Waals surface area contributed by atoms with Gasteiger partial charge in [-0.2, -0.15) is 0 Å². The van der Waals surface area contributed by atoms with E-state index in [0.29, 0.717) is 36.0 Å². The van der Waals surface area contributed by atoms with Crippen LogP contribution in [-0.2, 0) is 14.3 Å². The molecule has 1 aliphatic heterocycles. The first kappa shape index (κ1) is 18.6. The second kappa shape index (κ2) is 8.43. The van der Waals surface area contributed by atoms with Crippen molar-refractivity contribution in [3.05, 3.63) is 23.8 Å². The van der Waals surface area contributed by atoms with E-state index in [1.165, 1.54) is 19.3 Å². The Labute approximate surface area is 155 Å². The molecule has 0 unspecified atom stereocenters. The van der Waals surface area contributed by atoms with E-state index in [0.717, 1.165) is 12.8 Å². The minimum absolute atomic E-state index is 0.131. The van der Waals surface area contributed by atoms with Crippen LogP contribution in [0, 0.1) is 0 Å². The topological polar surface area (TPSA) is 112 Å². The number of carbonyl (C=O) groups excluding carboxylic acids is 3. The molecule has 2 aliphatic rings. The highest BCUT2D eigenvalue weighted by molar-refractivity contribution is 5.96.